The van der Waals surface area contributed by atoms with Crippen molar-refractivity contribution >= 4 is 17.1 Å². The highest BCUT2D eigenvalue weighted by atomic mass is 14.9. The summed E-state index contributed by atoms with van der Waals surface area (Å²) >= 11 is 0. The van der Waals surface area contributed by atoms with Crippen LogP contribution in [-0.2, 0) is 0 Å². The van der Waals surface area contributed by atoms with Gasteiger partial charge >= 0.3 is 0 Å². The third-order valence-electron chi connectivity index (χ3n) is 4.78. The van der Waals surface area contributed by atoms with E-state index in [1.54, 1.807) is 0 Å². The fraction of sp³-hybridized carbons (Fsp3) is 0.238. The van der Waals surface area contributed by atoms with Gasteiger partial charge in [-0.1, -0.05) is 43.2 Å². The Labute approximate surface area is 141 Å². The number of aromatic amines is 1. The van der Waals surface area contributed by atoms with Gasteiger partial charge in [-0.25, -0.2) is 4.98 Å². The molecule has 1 heterocycles. The second-order valence-electron chi connectivity index (χ2n) is 6.42. The van der Waals surface area contributed by atoms with Crippen molar-refractivity contribution < 1.29 is 0 Å². The zero-order valence-corrected chi connectivity index (χ0v) is 13.5. The Kier molecular flexibility index (Phi) is 3.88. The van der Waals surface area contributed by atoms with Crippen LogP contribution in [0.2, 0.25) is 0 Å². The molecule has 0 unspecified atom stereocenters. The molecule has 0 amide bonds. The molecule has 4 rings (SSSR count). The Bertz CT molecular complexity index is 937. The topological polar surface area (TPSA) is 52.5 Å². The molecule has 3 heteroatoms. The van der Waals surface area contributed by atoms with Crippen LogP contribution in [0.4, 0.5) is 0 Å². The van der Waals surface area contributed by atoms with Crippen LogP contribution in [0.1, 0.15) is 37.1 Å². The van der Waals surface area contributed by atoms with Gasteiger partial charge in [-0.3, -0.25) is 0 Å². The van der Waals surface area contributed by atoms with Gasteiger partial charge < -0.3 is 4.98 Å². The molecule has 0 atom stereocenters. The quantitative estimate of drug-likeness (QED) is 0.713. The lowest BCUT2D eigenvalue weighted by molar-refractivity contribution is 0.689. The molecule has 1 aromatic heterocycles. The molecule has 1 fully saturated rings. The maximum atomic E-state index is 9.29. The minimum Gasteiger partial charge on any atom is -0.338 e. The van der Waals surface area contributed by atoms with Crippen LogP contribution in [0.3, 0.4) is 0 Å². The third kappa shape index (κ3) is 2.83. The predicted molar refractivity (Wildman–Crippen MR) is 97.2 cm³/mol. The molecule has 0 bridgehead atoms. The molecule has 2 aromatic carbocycles. The molecule has 24 heavy (non-hydrogen) atoms. The highest BCUT2D eigenvalue weighted by Crippen LogP contribution is 2.28. The number of benzene rings is 2. The SMILES string of the molecule is N#Cc1ccccc1-c1ccc2nc(/C=C/C3CCCC3)[nH]c2c1. The summed E-state index contributed by atoms with van der Waals surface area (Å²) in [6.07, 6.45) is 9.68. The minimum atomic E-state index is 0.692. The number of rotatable bonds is 3. The van der Waals surface area contributed by atoms with E-state index in [0.29, 0.717) is 11.5 Å². The highest BCUT2D eigenvalue weighted by molar-refractivity contribution is 5.84. The van der Waals surface area contributed by atoms with Crippen molar-refractivity contribution in [1.29, 1.82) is 5.26 Å². The van der Waals surface area contributed by atoms with E-state index in [1.165, 1.54) is 25.7 Å². The fourth-order valence-electron chi connectivity index (χ4n) is 3.49. The van der Waals surface area contributed by atoms with E-state index < -0.39 is 0 Å². The zero-order valence-electron chi connectivity index (χ0n) is 13.5. The summed E-state index contributed by atoms with van der Waals surface area (Å²) in [6.45, 7) is 0. The fourth-order valence-corrected chi connectivity index (χ4v) is 3.49. The molecule has 118 valence electrons. The number of nitrogens with zero attached hydrogens (tertiary/aromatic N) is 2. The van der Waals surface area contributed by atoms with Crippen molar-refractivity contribution in [1.82, 2.24) is 9.97 Å². The van der Waals surface area contributed by atoms with Crippen molar-refractivity contribution in [2.45, 2.75) is 25.7 Å². The average molecular weight is 313 g/mol. The van der Waals surface area contributed by atoms with Gasteiger partial charge in [0, 0.05) is 0 Å². The van der Waals surface area contributed by atoms with Gasteiger partial charge in [0.15, 0.2) is 0 Å². The summed E-state index contributed by atoms with van der Waals surface area (Å²) in [6, 6.07) is 16.1. The summed E-state index contributed by atoms with van der Waals surface area (Å²) in [5, 5.41) is 9.29. The molecular weight excluding hydrogens is 294 g/mol. The average Bonchev–Trinajstić information content (AvgIpc) is 3.28. The Balaban J connectivity index is 1.67. The molecule has 3 aromatic rings. The van der Waals surface area contributed by atoms with Crippen LogP contribution in [-0.4, -0.2) is 9.97 Å². The largest absolute Gasteiger partial charge is 0.338 e. The number of hydrogen-bond donors (Lipinski definition) is 1. The molecule has 1 aliphatic carbocycles. The van der Waals surface area contributed by atoms with Crippen LogP contribution < -0.4 is 0 Å². The standard InChI is InChI=1S/C21H19N3/c22-14-17-7-3-4-8-18(17)16-10-11-19-20(13-16)24-21(23-19)12-9-15-5-1-2-6-15/h3-4,7-13,15H,1-2,5-6H2,(H,23,24)/b12-9+. The number of imidazole rings is 1. The number of nitrogens with one attached hydrogen (secondary N) is 1. The summed E-state index contributed by atoms with van der Waals surface area (Å²) in [4.78, 5) is 8.03. The van der Waals surface area contributed by atoms with E-state index in [2.05, 4.69) is 34.3 Å². The number of aromatic nitrogens is 2. The predicted octanol–water partition coefficient (Wildman–Crippen LogP) is 5.30. The van der Waals surface area contributed by atoms with Crippen molar-refractivity contribution in [2.24, 2.45) is 5.92 Å². The number of H-pyrrole nitrogens is 1. The van der Waals surface area contributed by atoms with Gasteiger partial charge in [-0.15, -0.1) is 0 Å². The van der Waals surface area contributed by atoms with Crippen molar-refractivity contribution in [3.05, 3.63) is 59.9 Å². The zero-order chi connectivity index (χ0) is 16.4. The lowest BCUT2D eigenvalue weighted by Crippen LogP contribution is -1.85. The van der Waals surface area contributed by atoms with Gasteiger partial charge in [-0.05, 0) is 54.2 Å². The first-order valence-electron chi connectivity index (χ1n) is 8.51. The first kappa shape index (κ1) is 14.7. The summed E-state index contributed by atoms with van der Waals surface area (Å²) < 4.78 is 0. The summed E-state index contributed by atoms with van der Waals surface area (Å²) in [5.74, 6) is 1.61. The maximum Gasteiger partial charge on any atom is 0.130 e. The Hall–Kier alpha value is -2.86. The summed E-state index contributed by atoms with van der Waals surface area (Å²) in [5.41, 5.74) is 4.65. The third-order valence-corrected chi connectivity index (χ3v) is 4.78. The van der Waals surface area contributed by atoms with Crippen molar-refractivity contribution in [3.63, 3.8) is 0 Å². The number of allylic oxidation sites excluding steroid dienone is 1. The Morgan fingerprint density at radius 1 is 1.12 bits per heavy atom. The van der Waals surface area contributed by atoms with Gasteiger partial charge in [0.25, 0.3) is 0 Å². The van der Waals surface area contributed by atoms with Gasteiger partial charge in [0.1, 0.15) is 5.82 Å². The molecule has 3 nitrogen and oxygen atoms in total. The van der Waals surface area contributed by atoms with E-state index in [1.807, 2.05) is 36.4 Å². The molecule has 1 N–H and O–H groups in total. The Morgan fingerprint density at radius 3 is 2.79 bits per heavy atom. The number of fused-ring (bicyclic) bond motifs is 1. The lowest BCUT2D eigenvalue weighted by Gasteiger charge is -2.03. The van der Waals surface area contributed by atoms with E-state index in [0.717, 1.165) is 28.0 Å². The normalized spacial score (nSPS) is 15.3. The first-order chi connectivity index (χ1) is 11.8. The second-order valence-corrected chi connectivity index (χ2v) is 6.42. The van der Waals surface area contributed by atoms with E-state index in [9.17, 15) is 5.26 Å². The van der Waals surface area contributed by atoms with Crippen LogP contribution in [0, 0.1) is 17.2 Å². The van der Waals surface area contributed by atoms with Gasteiger partial charge in [0.2, 0.25) is 0 Å². The smallest absolute Gasteiger partial charge is 0.130 e. The lowest BCUT2D eigenvalue weighted by atomic mass is 10.0. The molecule has 1 aliphatic rings. The van der Waals surface area contributed by atoms with Crippen molar-refractivity contribution in [2.75, 3.05) is 0 Å². The van der Waals surface area contributed by atoms with Crippen LogP contribution >= 0.6 is 0 Å². The van der Waals surface area contributed by atoms with Gasteiger partial charge in [0.05, 0.1) is 22.7 Å². The van der Waals surface area contributed by atoms with E-state index in [4.69, 9.17) is 0 Å². The molecule has 0 spiro atoms. The van der Waals surface area contributed by atoms with Crippen LogP contribution in [0.5, 0.6) is 0 Å². The molecule has 0 saturated heterocycles. The van der Waals surface area contributed by atoms with Crippen LogP contribution in [0.25, 0.3) is 28.2 Å². The molecular formula is C21H19N3. The first-order valence-corrected chi connectivity index (χ1v) is 8.51. The summed E-state index contributed by atoms with van der Waals surface area (Å²) in [7, 11) is 0. The monoisotopic (exact) mass is 313 g/mol. The van der Waals surface area contributed by atoms with E-state index in [-0.39, 0.29) is 0 Å². The minimum absolute atomic E-state index is 0.692. The molecule has 0 aliphatic heterocycles. The van der Waals surface area contributed by atoms with Crippen molar-refractivity contribution in [3.8, 4) is 17.2 Å². The van der Waals surface area contributed by atoms with Crippen LogP contribution in [0.15, 0.2) is 48.5 Å². The number of nitriles is 1. The highest BCUT2D eigenvalue weighted by Gasteiger charge is 2.12. The molecule has 0 radical (unpaired) electrons. The number of hydrogen-bond acceptors (Lipinski definition) is 2. The Morgan fingerprint density at radius 2 is 1.96 bits per heavy atom. The second kappa shape index (κ2) is 6.33. The van der Waals surface area contributed by atoms with Gasteiger partial charge in [-0.2, -0.15) is 5.26 Å². The van der Waals surface area contributed by atoms with E-state index >= 15 is 0 Å². The molecule has 1 saturated carbocycles. The maximum absolute atomic E-state index is 9.29.